The number of hydrogen-bond acceptors (Lipinski definition) is 6. The van der Waals surface area contributed by atoms with Crippen molar-refractivity contribution in [3.8, 4) is 5.75 Å². The van der Waals surface area contributed by atoms with E-state index in [4.69, 9.17) is 9.73 Å². The molecule has 0 N–H and O–H groups in total. The van der Waals surface area contributed by atoms with E-state index in [9.17, 15) is 4.79 Å². The van der Waals surface area contributed by atoms with Crippen molar-refractivity contribution >= 4 is 51.7 Å². The number of aliphatic imine (C=N–C) groups is 1. The van der Waals surface area contributed by atoms with E-state index >= 15 is 0 Å². The van der Waals surface area contributed by atoms with Crippen LogP contribution in [0.5, 0.6) is 5.75 Å². The normalized spacial score (nSPS) is 18.9. The lowest BCUT2D eigenvalue weighted by molar-refractivity contribution is -0.113. The number of fused-ring (bicyclic) bond motifs is 1. The van der Waals surface area contributed by atoms with E-state index in [1.54, 1.807) is 23.8 Å². The number of thioether (sulfide) groups is 2. The third kappa shape index (κ3) is 4.03. The second-order valence-corrected chi connectivity index (χ2v) is 9.63. The second kappa shape index (κ2) is 9.00. The molecule has 3 aromatic rings. The van der Waals surface area contributed by atoms with Crippen molar-refractivity contribution in [2.45, 2.75) is 18.7 Å². The number of rotatable bonds is 4. The van der Waals surface area contributed by atoms with Gasteiger partial charge < -0.3 is 9.64 Å². The topological polar surface area (TPSA) is 45.1 Å². The standard InChI is InChI=1S/C26H23N3O2S2/c1-4-28-21-10-5-6-11-22(21)32-25(28)23-24(30)29(19-9-7-8-17(2)16-19)26(33-23)27-18-12-14-20(31-3)15-13-18/h5-16H,4H2,1-3H3. The number of carbonyl (C=O) groups excluding carboxylic acids is 1. The van der Waals surface area contributed by atoms with Crippen molar-refractivity contribution in [3.63, 3.8) is 0 Å². The molecule has 1 saturated heterocycles. The molecule has 0 aromatic heterocycles. The molecule has 0 radical (unpaired) electrons. The lowest BCUT2D eigenvalue weighted by Gasteiger charge is -2.19. The summed E-state index contributed by atoms with van der Waals surface area (Å²) >= 11 is 3.08. The van der Waals surface area contributed by atoms with Gasteiger partial charge in [-0.3, -0.25) is 9.69 Å². The van der Waals surface area contributed by atoms with E-state index in [1.807, 2.05) is 67.6 Å². The highest BCUT2D eigenvalue weighted by atomic mass is 32.2. The highest BCUT2D eigenvalue weighted by Crippen LogP contribution is 2.51. The number of benzene rings is 3. The number of amides is 1. The van der Waals surface area contributed by atoms with Gasteiger partial charge in [0, 0.05) is 11.4 Å². The molecular formula is C26H23N3O2S2. The molecule has 7 heteroatoms. The summed E-state index contributed by atoms with van der Waals surface area (Å²) in [6, 6.07) is 23.8. The number of hydrogen-bond donors (Lipinski definition) is 0. The largest absolute Gasteiger partial charge is 0.497 e. The number of anilines is 2. The van der Waals surface area contributed by atoms with E-state index in [0.29, 0.717) is 10.1 Å². The number of methoxy groups -OCH3 is 1. The van der Waals surface area contributed by atoms with Crippen molar-refractivity contribution in [2.75, 3.05) is 23.5 Å². The lowest BCUT2D eigenvalue weighted by atomic mass is 10.2. The van der Waals surface area contributed by atoms with Gasteiger partial charge in [-0.15, -0.1) is 0 Å². The Morgan fingerprint density at radius 1 is 0.970 bits per heavy atom. The zero-order chi connectivity index (χ0) is 22.9. The average Bonchev–Trinajstić information content (AvgIpc) is 3.36. The van der Waals surface area contributed by atoms with Crippen molar-refractivity contribution in [1.29, 1.82) is 0 Å². The molecule has 0 spiro atoms. The van der Waals surface area contributed by atoms with Crippen molar-refractivity contribution in [3.05, 3.63) is 88.3 Å². The zero-order valence-electron chi connectivity index (χ0n) is 18.6. The Kier molecular flexibility index (Phi) is 5.91. The minimum atomic E-state index is -0.0494. The maximum atomic E-state index is 13.8. The highest BCUT2D eigenvalue weighted by Gasteiger charge is 2.40. The van der Waals surface area contributed by atoms with Crippen LogP contribution in [0.15, 0.2) is 92.6 Å². The third-order valence-electron chi connectivity index (χ3n) is 5.46. The first-order chi connectivity index (χ1) is 16.1. The minimum Gasteiger partial charge on any atom is -0.497 e. The van der Waals surface area contributed by atoms with Gasteiger partial charge in [0.25, 0.3) is 5.91 Å². The summed E-state index contributed by atoms with van der Waals surface area (Å²) in [6.45, 7) is 4.92. The van der Waals surface area contributed by atoms with Crippen LogP contribution in [0.1, 0.15) is 12.5 Å². The summed E-state index contributed by atoms with van der Waals surface area (Å²) in [5.74, 6) is 0.720. The Morgan fingerprint density at radius 2 is 1.76 bits per heavy atom. The summed E-state index contributed by atoms with van der Waals surface area (Å²) in [7, 11) is 1.64. The van der Waals surface area contributed by atoms with Crippen LogP contribution in [0, 0.1) is 6.92 Å². The number of para-hydroxylation sites is 1. The Labute approximate surface area is 202 Å². The van der Waals surface area contributed by atoms with Gasteiger partial charge in [0.05, 0.1) is 24.2 Å². The van der Waals surface area contributed by atoms with Gasteiger partial charge in [-0.2, -0.15) is 0 Å². The number of carbonyl (C=O) groups is 1. The first-order valence-electron chi connectivity index (χ1n) is 10.7. The Morgan fingerprint density at radius 3 is 2.48 bits per heavy atom. The number of amidine groups is 1. The number of aryl methyl sites for hydroxylation is 1. The van der Waals surface area contributed by atoms with Crippen LogP contribution in [0.3, 0.4) is 0 Å². The van der Waals surface area contributed by atoms with Crippen LogP contribution in [0.4, 0.5) is 17.1 Å². The highest BCUT2D eigenvalue weighted by molar-refractivity contribution is 8.20. The molecule has 2 aliphatic rings. The molecule has 0 atom stereocenters. The molecule has 5 rings (SSSR count). The van der Waals surface area contributed by atoms with Crippen LogP contribution in [-0.2, 0) is 4.79 Å². The monoisotopic (exact) mass is 473 g/mol. The van der Waals surface area contributed by atoms with Crippen LogP contribution < -0.4 is 14.5 Å². The molecule has 5 nitrogen and oxygen atoms in total. The van der Waals surface area contributed by atoms with Gasteiger partial charge in [0.2, 0.25) is 0 Å². The average molecular weight is 474 g/mol. The fraction of sp³-hybridized carbons (Fsp3) is 0.154. The molecule has 1 amide bonds. The quantitative estimate of drug-likeness (QED) is 0.401. The summed E-state index contributed by atoms with van der Waals surface area (Å²) < 4.78 is 5.27. The second-order valence-electron chi connectivity index (χ2n) is 7.62. The minimum absolute atomic E-state index is 0.0494. The first-order valence-corrected chi connectivity index (χ1v) is 12.3. The Hall–Kier alpha value is -3.16. The van der Waals surface area contributed by atoms with Gasteiger partial charge >= 0.3 is 0 Å². The van der Waals surface area contributed by atoms with Gasteiger partial charge in [-0.1, -0.05) is 36.0 Å². The Balaban J connectivity index is 1.61. The fourth-order valence-corrected chi connectivity index (χ4v) is 6.25. The summed E-state index contributed by atoms with van der Waals surface area (Å²) in [6.07, 6.45) is 0. The molecule has 3 aromatic carbocycles. The number of ether oxygens (including phenoxy) is 1. The molecular weight excluding hydrogens is 450 g/mol. The molecule has 2 aliphatic heterocycles. The SMILES string of the molecule is CCN1C(=C2SC(=Nc3ccc(OC)cc3)N(c3cccc(C)c3)C2=O)Sc2ccccc21. The molecule has 2 heterocycles. The van der Waals surface area contributed by atoms with Crippen LogP contribution in [0.25, 0.3) is 0 Å². The van der Waals surface area contributed by atoms with E-state index in [0.717, 1.165) is 44.8 Å². The molecule has 1 fully saturated rings. The molecule has 33 heavy (non-hydrogen) atoms. The predicted molar refractivity (Wildman–Crippen MR) is 139 cm³/mol. The Bertz CT molecular complexity index is 1280. The maximum absolute atomic E-state index is 13.8. The summed E-state index contributed by atoms with van der Waals surface area (Å²) in [5, 5.41) is 1.61. The summed E-state index contributed by atoms with van der Waals surface area (Å²) in [4.78, 5) is 24.5. The molecule has 166 valence electrons. The first kappa shape index (κ1) is 21.7. The van der Waals surface area contributed by atoms with E-state index in [1.165, 1.54) is 11.8 Å². The van der Waals surface area contributed by atoms with Gasteiger partial charge in [0.1, 0.15) is 15.7 Å². The summed E-state index contributed by atoms with van der Waals surface area (Å²) in [5.41, 5.74) is 3.82. The van der Waals surface area contributed by atoms with Crippen molar-refractivity contribution in [2.24, 2.45) is 4.99 Å². The van der Waals surface area contributed by atoms with Gasteiger partial charge in [-0.25, -0.2) is 4.99 Å². The van der Waals surface area contributed by atoms with Gasteiger partial charge in [0.15, 0.2) is 5.17 Å². The predicted octanol–water partition coefficient (Wildman–Crippen LogP) is 6.57. The van der Waals surface area contributed by atoms with Crippen LogP contribution in [-0.4, -0.2) is 24.7 Å². The van der Waals surface area contributed by atoms with Crippen molar-refractivity contribution in [1.82, 2.24) is 0 Å². The van der Waals surface area contributed by atoms with Gasteiger partial charge in [-0.05, 0) is 79.7 Å². The number of nitrogens with zero attached hydrogens (tertiary/aromatic N) is 3. The van der Waals surface area contributed by atoms with Crippen LogP contribution >= 0.6 is 23.5 Å². The lowest BCUT2D eigenvalue weighted by Crippen LogP contribution is -2.29. The zero-order valence-corrected chi connectivity index (χ0v) is 20.2. The molecule has 0 unspecified atom stereocenters. The van der Waals surface area contributed by atoms with E-state index < -0.39 is 0 Å². The molecule has 0 aliphatic carbocycles. The molecule has 0 bridgehead atoms. The van der Waals surface area contributed by atoms with Crippen molar-refractivity contribution < 1.29 is 9.53 Å². The van der Waals surface area contributed by atoms with E-state index in [2.05, 4.69) is 24.0 Å². The molecule has 0 saturated carbocycles. The third-order valence-corrected chi connectivity index (χ3v) is 7.80. The van der Waals surface area contributed by atoms with Crippen LogP contribution in [0.2, 0.25) is 0 Å². The van der Waals surface area contributed by atoms with E-state index in [-0.39, 0.29) is 5.91 Å². The fourth-order valence-electron chi connectivity index (χ4n) is 3.86. The maximum Gasteiger partial charge on any atom is 0.274 e. The smallest absolute Gasteiger partial charge is 0.274 e.